The molecule has 1 aliphatic rings. The molecule has 1 saturated heterocycles. The first-order chi connectivity index (χ1) is 12.2. The summed E-state index contributed by atoms with van der Waals surface area (Å²) in [5, 5.41) is -0.371. The number of hydrogen-bond donors (Lipinski definition) is 0. The summed E-state index contributed by atoms with van der Waals surface area (Å²) in [7, 11) is 0. The lowest BCUT2D eigenvalue weighted by molar-refractivity contribution is -0.136. The van der Waals surface area contributed by atoms with E-state index in [9.17, 15) is 14.0 Å². The van der Waals surface area contributed by atoms with Gasteiger partial charge in [0.25, 0.3) is 0 Å². The van der Waals surface area contributed by atoms with E-state index in [0.717, 1.165) is 5.56 Å². The van der Waals surface area contributed by atoms with Gasteiger partial charge in [-0.05, 0) is 44.4 Å². The van der Waals surface area contributed by atoms with Gasteiger partial charge in [-0.2, -0.15) is 0 Å². The number of carbonyl (C=O) groups is 2. The van der Waals surface area contributed by atoms with Gasteiger partial charge in [0, 0.05) is 25.6 Å². The van der Waals surface area contributed by atoms with E-state index < -0.39 is 0 Å². The largest absolute Gasteiger partial charge is 0.338 e. The zero-order chi connectivity index (χ0) is 19.4. The molecule has 26 heavy (non-hydrogen) atoms. The number of benzene rings is 1. The topological polar surface area (TPSA) is 40.6 Å². The van der Waals surface area contributed by atoms with Crippen LogP contribution < -0.4 is 0 Å². The van der Waals surface area contributed by atoms with Crippen LogP contribution >= 0.6 is 11.8 Å². The van der Waals surface area contributed by atoms with E-state index in [1.165, 1.54) is 23.9 Å². The van der Waals surface area contributed by atoms with Crippen molar-refractivity contribution in [2.75, 3.05) is 13.1 Å². The molecule has 1 aromatic carbocycles. The molecule has 0 unspecified atom stereocenters. The van der Waals surface area contributed by atoms with Crippen LogP contribution in [0, 0.1) is 11.7 Å². The van der Waals surface area contributed by atoms with Crippen LogP contribution in [0.5, 0.6) is 0 Å². The molecule has 1 aliphatic heterocycles. The van der Waals surface area contributed by atoms with Crippen molar-refractivity contribution < 1.29 is 14.0 Å². The third kappa shape index (κ3) is 5.00. The third-order valence-corrected chi connectivity index (χ3v) is 5.88. The van der Waals surface area contributed by atoms with Gasteiger partial charge in [-0.1, -0.05) is 26.0 Å². The van der Waals surface area contributed by atoms with Gasteiger partial charge in [0.05, 0.1) is 5.25 Å². The van der Waals surface area contributed by atoms with E-state index in [-0.39, 0.29) is 34.3 Å². The monoisotopic (exact) mass is 380 g/mol. The first-order valence-electron chi connectivity index (χ1n) is 9.21. The molecule has 0 aromatic heterocycles. The van der Waals surface area contributed by atoms with Crippen LogP contribution in [0.2, 0.25) is 0 Å². The minimum Gasteiger partial charge on any atom is -0.338 e. The Labute approximate surface area is 160 Å². The zero-order valence-electron chi connectivity index (χ0n) is 16.2. The van der Waals surface area contributed by atoms with E-state index in [1.54, 1.807) is 11.0 Å². The van der Waals surface area contributed by atoms with Crippen LogP contribution in [0.1, 0.15) is 52.0 Å². The molecule has 2 rings (SSSR count). The first kappa shape index (κ1) is 20.7. The Kier molecular flexibility index (Phi) is 7.09. The van der Waals surface area contributed by atoms with Crippen molar-refractivity contribution in [1.29, 1.82) is 0 Å². The molecule has 0 spiro atoms. The minimum absolute atomic E-state index is 0.0456. The van der Waals surface area contributed by atoms with Crippen LogP contribution in [0.3, 0.4) is 0 Å². The summed E-state index contributed by atoms with van der Waals surface area (Å²) in [6.07, 6.45) is 0.505. The van der Waals surface area contributed by atoms with Crippen molar-refractivity contribution in [3.8, 4) is 0 Å². The summed E-state index contributed by atoms with van der Waals surface area (Å²) < 4.78 is 13.6. The Hall–Kier alpha value is -1.56. The van der Waals surface area contributed by atoms with Gasteiger partial charge in [0.1, 0.15) is 11.2 Å². The van der Waals surface area contributed by atoms with E-state index in [4.69, 9.17) is 0 Å². The summed E-state index contributed by atoms with van der Waals surface area (Å²) in [6.45, 7) is 10.9. The second-order valence-electron chi connectivity index (χ2n) is 7.50. The fourth-order valence-electron chi connectivity index (χ4n) is 3.17. The van der Waals surface area contributed by atoms with Crippen LogP contribution in [-0.4, -0.2) is 46.0 Å². The molecule has 6 heteroatoms. The predicted molar refractivity (Wildman–Crippen MR) is 104 cm³/mol. The number of carbonyl (C=O) groups excluding carboxylic acids is 2. The highest BCUT2D eigenvalue weighted by molar-refractivity contribution is 8.01. The quantitative estimate of drug-likeness (QED) is 0.716. The molecular weight excluding hydrogens is 351 g/mol. The summed E-state index contributed by atoms with van der Waals surface area (Å²) >= 11 is 1.53. The maximum atomic E-state index is 13.6. The molecule has 0 aliphatic carbocycles. The number of nitrogens with zero attached hydrogens (tertiary/aromatic N) is 2. The van der Waals surface area contributed by atoms with E-state index in [2.05, 4.69) is 0 Å². The molecule has 144 valence electrons. The number of halogens is 1. The Bertz CT molecular complexity index is 650. The summed E-state index contributed by atoms with van der Waals surface area (Å²) in [5.74, 6) is 0.160. The molecule has 0 radical (unpaired) electrons. The van der Waals surface area contributed by atoms with E-state index in [0.29, 0.717) is 25.4 Å². The molecule has 0 saturated carbocycles. The second kappa shape index (κ2) is 8.89. The SMILES string of the molecule is CC(C)CC(=O)N(CCN1C(=O)[C@@H](C)S[C@H]1c1cccc(F)c1)C(C)C. The van der Waals surface area contributed by atoms with Gasteiger partial charge in [-0.15, -0.1) is 11.8 Å². The highest BCUT2D eigenvalue weighted by Crippen LogP contribution is 2.42. The predicted octanol–water partition coefficient (Wildman–Crippen LogP) is 4.07. The maximum absolute atomic E-state index is 13.6. The Morgan fingerprint density at radius 1 is 1.31 bits per heavy atom. The lowest BCUT2D eigenvalue weighted by Gasteiger charge is -2.31. The molecule has 2 atom stereocenters. The van der Waals surface area contributed by atoms with Crippen LogP contribution in [-0.2, 0) is 9.59 Å². The normalized spacial score (nSPS) is 20.3. The van der Waals surface area contributed by atoms with E-state index in [1.807, 2.05) is 45.6 Å². The Balaban J connectivity index is 2.13. The van der Waals surface area contributed by atoms with Crippen LogP contribution in [0.25, 0.3) is 0 Å². The first-order valence-corrected chi connectivity index (χ1v) is 10.2. The fourth-order valence-corrected chi connectivity index (χ4v) is 4.47. The number of thioether (sulfide) groups is 1. The van der Waals surface area contributed by atoms with Gasteiger partial charge >= 0.3 is 0 Å². The highest BCUT2D eigenvalue weighted by Gasteiger charge is 2.38. The van der Waals surface area contributed by atoms with E-state index >= 15 is 0 Å². The van der Waals surface area contributed by atoms with Gasteiger partial charge in [-0.25, -0.2) is 4.39 Å². The van der Waals surface area contributed by atoms with Crippen molar-refractivity contribution in [2.45, 2.75) is 57.7 Å². The molecule has 1 fully saturated rings. The standard InChI is InChI=1S/C20H29FN2O2S/c1-13(2)11-18(24)22(14(3)4)9-10-23-19(25)15(5)26-20(23)16-7-6-8-17(21)12-16/h6-8,12-15,20H,9-11H2,1-5H3/t15-,20+/m1/s1. The van der Waals surface area contributed by atoms with Crippen molar-refractivity contribution in [1.82, 2.24) is 9.80 Å². The Morgan fingerprint density at radius 3 is 2.58 bits per heavy atom. The summed E-state index contributed by atoms with van der Waals surface area (Å²) in [6, 6.07) is 6.49. The van der Waals surface area contributed by atoms with Crippen molar-refractivity contribution in [2.24, 2.45) is 5.92 Å². The van der Waals surface area contributed by atoms with Gasteiger partial charge in [-0.3, -0.25) is 9.59 Å². The Morgan fingerprint density at radius 2 is 2.00 bits per heavy atom. The van der Waals surface area contributed by atoms with Gasteiger partial charge < -0.3 is 9.80 Å². The van der Waals surface area contributed by atoms with Crippen LogP contribution in [0.4, 0.5) is 4.39 Å². The van der Waals surface area contributed by atoms with Gasteiger partial charge in [0.2, 0.25) is 11.8 Å². The lowest BCUT2D eigenvalue weighted by atomic mass is 10.1. The molecule has 0 N–H and O–H groups in total. The molecular formula is C20H29FN2O2S. The third-order valence-electron chi connectivity index (χ3n) is 4.49. The van der Waals surface area contributed by atoms with Crippen molar-refractivity contribution in [3.63, 3.8) is 0 Å². The molecule has 0 bridgehead atoms. The van der Waals surface area contributed by atoms with Gasteiger partial charge in [0.15, 0.2) is 0 Å². The molecule has 4 nitrogen and oxygen atoms in total. The fraction of sp³-hybridized carbons (Fsp3) is 0.600. The minimum atomic E-state index is -0.300. The molecule has 2 amide bonds. The second-order valence-corrected chi connectivity index (χ2v) is 8.92. The number of hydrogen-bond acceptors (Lipinski definition) is 3. The lowest BCUT2D eigenvalue weighted by Crippen LogP contribution is -2.44. The average molecular weight is 381 g/mol. The summed E-state index contributed by atoms with van der Waals surface area (Å²) in [4.78, 5) is 28.7. The average Bonchev–Trinajstić information content (AvgIpc) is 2.82. The smallest absolute Gasteiger partial charge is 0.236 e. The highest BCUT2D eigenvalue weighted by atomic mass is 32.2. The van der Waals surface area contributed by atoms with Crippen LogP contribution in [0.15, 0.2) is 24.3 Å². The molecule has 1 heterocycles. The maximum Gasteiger partial charge on any atom is 0.236 e. The number of rotatable bonds is 7. The molecule has 1 aromatic rings. The number of amides is 2. The summed E-state index contributed by atoms with van der Waals surface area (Å²) in [5.41, 5.74) is 0.789. The van der Waals surface area contributed by atoms with Crippen molar-refractivity contribution in [3.05, 3.63) is 35.6 Å². The zero-order valence-corrected chi connectivity index (χ0v) is 17.1. The van der Waals surface area contributed by atoms with Crippen molar-refractivity contribution >= 4 is 23.6 Å².